The first-order valence-corrected chi connectivity index (χ1v) is 7.06. The maximum absolute atomic E-state index is 14.5. The minimum Gasteiger partial charge on any atom is -0.338 e. The SMILES string of the molecule is C=Cc1[nH]c(-c2ccc(-c3ccc(=O)[nH]c3)cc2F)nc1C(=C)F. The van der Waals surface area contributed by atoms with Gasteiger partial charge in [-0.05, 0) is 35.4 Å². The molecule has 4 nitrogen and oxygen atoms in total. The van der Waals surface area contributed by atoms with Gasteiger partial charge in [-0.2, -0.15) is 0 Å². The fraction of sp³-hybridized carbons (Fsp3) is 0. The highest BCUT2D eigenvalue weighted by Crippen LogP contribution is 2.28. The van der Waals surface area contributed by atoms with Gasteiger partial charge in [-0.15, -0.1) is 0 Å². The van der Waals surface area contributed by atoms with Gasteiger partial charge < -0.3 is 9.97 Å². The van der Waals surface area contributed by atoms with E-state index in [1.165, 1.54) is 30.5 Å². The van der Waals surface area contributed by atoms with Crippen molar-refractivity contribution in [2.45, 2.75) is 0 Å². The number of hydrogen-bond donors (Lipinski definition) is 2. The summed E-state index contributed by atoms with van der Waals surface area (Å²) in [6.07, 6.45) is 2.90. The maximum atomic E-state index is 14.5. The lowest BCUT2D eigenvalue weighted by Gasteiger charge is -2.04. The monoisotopic (exact) mass is 325 g/mol. The molecular formula is C18H13F2N3O. The van der Waals surface area contributed by atoms with Crippen LogP contribution in [0.4, 0.5) is 8.78 Å². The van der Waals surface area contributed by atoms with Crippen LogP contribution in [0.15, 0.2) is 54.5 Å². The number of aromatic nitrogens is 3. The molecule has 2 heterocycles. The summed E-state index contributed by atoms with van der Waals surface area (Å²) >= 11 is 0. The van der Waals surface area contributed by atoms with Crippen LogP contribution in [0.2, 0.25) is 0 Å². The van der Waals surface area contributed by atoms with Crippen molar-refractivity contribution in [2.24, 2.45) is 0 Å². The largest absolute Gasteiger partial charge is 0.338 e. The van der Waals surface area contributed by atoms with Gasteiger partial charge in [0.25, 0.3) is 0 Å². The Hall–Kier alpha value is -3.28. The Morgan fingerprint density at radius 3 is 2.50 bits per heavy atom. The van der Waals surface area contributed by atoms with Crippen LogP contribution < -0.4 is 5.56 Å². The van der Waals surface area contributed by atoms with Crippen molar-refractivity contribution in [3.63, 3.8) is 0 Å². The summed E-state index contributed by atoms with van der Waals surface area (Å²) in [5, 5.41) is 0. The average Bonchev–Trinajstić information content (AvgIpc) is 3.00. The number of H-pyrrole nitrogens is 2. The maximum Gasteiger partial charge on any atom is 0.247 e. The summed E-state index contributed by atoms with van der Waals surface area (Å²) < 4.78 is 27.9. The van der Waals surface area contributed by atoms with E-state index >= 15 is 0 Å². The minimum atomic E-state index is -0.724. The van der Waals surface area contributed by atoms with Crippen LogP contribution in [0.5, 0.6) is 0 Å². The number of benzene rings is 1. The van der Waals surface area contributed by atoms with Gasteiger partial charge in [0.2, 0.25) is 5.56 Å². The fourth-order valence-electron chi connectivity index (χ4n) is 2.35. The molecular weight excluding hydrogens is 312 g/mol. The van der Waals surface area contributed by atoms with Crippen molar-refractivity contribution in [3.05, 3.63) is 77.2 Å². The summed E-state index contributed by atoms with van der Waals surface area (Å²) in [5.41, 5.74) is 1.56. The third-order valence-electron chi connectivity index (χ3n) is 3.53. The van der Waals surface area contributed by atoms with E-state index in [0.717, 1.165) is 0 Å². The Morgan fingerprint density at radius 1 is 1.21 bits per heavy atom. The number of aromatic amines is 2. The van der Waals surface area contributed by atoms with Gasteiger partial charge in [0.15, 0.2) is 0 Å². The highest BCUT2D eigenvalue weighted by molar-refractivity contribution is 5.71. The molecule has 2 aromatic heterocycles. The second-order valence-electron chi connectivity index (χ2n) is 5.09. The quantitative estimate of drug-likeness (QED) is 0.757. The van der Waals surface area contributed by atoms with Gasteiger partial charge in [-0.25, -0.2) is 13.8 Å². The first-order valence-electron chi connectivity index (χ1n) is 7.06. The number of rotatable bonds is 4. The summed E-state index contributed by atoms with van der Waals surface area (Å²) in [6.45, 7) is 6.77. The summed E-state index contributed by atoms with van der Waals surface area (Å²) in [7, 11) is 0. The molecule has 0 fully saturated rings. The van der Waals surface area contributed by atoms with E-state index in [1.54, 1.807) is 12.1 Å². The van der Waals surface area contributed by atoms with Gasteiger partial charge >= 0.3 is 0 Å². The molecule has 3 aromatic rings. The molecule has 0 bridgehead atoms. The molecule has 0 radical (unpaired) electrons. The van der Waals surface area contributed by atoms with E-state index in [9.17, 15) is 13.6 Å². The lowest BCUT2D eigenvalue weighted by Crippen LogP contribution is -2.01. The Bertz CT molecular complexity index is 981. The van der Waals surface area contributed by atoms with Crippen molar-refractivity contribution in [2.75, 3.05) is 0 Å². The molecule has 3 rings (SSSR count). The molecule has 0 aliphatic heterocycles. The van der Waals surface area contributed by atoms with Crippen molar-refractivity contribution >= 4 is 11.9 Å². The topological polar surface area (TPSA) is 61.5 Å². The highest BCUT2D eigenvalue weighted by Gasteiger charge is 2.15. The minimum absolute atomic E-state index is 0.00381. The predicted octanol–water partition coefficient (Wildman–Crippen LogP) is 4.15. The average molecular weight is 325 g/mol. The molecule has 0 saturated carbocycles. The Morgan fingerprint density at radius 2 is 1.96 bits per heavy atom. The summed E-state index contributed by atoms with van der Waals surface area (Å²) in [6, 6.07) is 7.51. The van der Waals surface area contributed by atoms with Crippen LogP contribution >= 0.6 is 0 Å². The first-order chi connectivity index (χ1) is 11.5. The zero-order valence-corrected chi connectivity index (χ0v) is 12.6. The zero-order chi connectivity index (χ0) is 17.3. The number of hydrogen-bond acceptors (Lipinski definition) is 2. The van der Waals surface area contributed by atoms with E-state index in [1.807, 2.05) is 0 Å². The van der Waals surface area contributed by atoms with Crippen LogP contribution in [-0.4, -0.2) is 15.0 Å². The lowest BCUT2D eigenvalue weighted by atomic mass is 10.0. The smallest absolute Gasteiger partial charge is 0.247 e. The van der Waals surface area contributed by atoms with Gasteiger partial charge in [-0.3, -0.25) is 4.79 Å². The predicted molar refractivity (Wildman–Crippen MR) is 90.3 cm³/mol. The van der Waals surface area contributed by atoms with Crippen molar-refractivity contribution < 1.29 is 8.78 Å². The fourth-order valence-corrected chi connectivity index (χ4v) is 2.35. The number of nitrogens with one attached hydrogen (secondary N) is 2. The van der Waals surface area contributed by atoms with E-state index < -0.39 is 11.6 Å². The molecule has 2 N–H and O–H groups in total. The van der Waals surface area contributed by atoms with Crippen LogP contribution in [0, 0.1) is 5.82 Å². The van der Waals surface area contributed by atoms with E-state index in [2.05, 4.69) is 28.1 Å². The first kappa shape index (κ1) is 15.6. The third-order valence-corrected chi connectivity index (χ3v) is 3.53. The Labute approximate surface area is 136 Å². The zero-order valence-electron chi connectivity index (χ0n) is 12.6. The van der Waals surface area contributed by atoms with Gasteiger partial charge in [0, 0.05) is 12.3 Å². The second-order valence-corrected chi connectivity index (χ2v) is 5.09. The molecule has 0 spiro atoms. The number of nitrogens with zero attached hydrogens (tertiary/aromatic N) is 1. The van der Waals surface area contributed by atoms with Crippen molar-refractivity contribution in [1.29, 1.82) is 0 Å². The molecule has 1 aromatic carbocycles. The number of halogens is 2. The van der Waals surface area contributed by atoms with E-state index in [-0.39, 0.29) is 22.6 Å². The van der Waals surface area contributed by atoms with Gasteiger partial charge in [0.1, 0.15) is 23.2 Å². The van der Waals surface area contributed by atoms with E-state index in [0.29, 0.717) is 16.8 Å². The molecule has 0 amide bonds. The molecule has 0 atom stereocenters. The summed E-state index contributed by atoms with van der Waals surface area (Å²) in [4.78, 5) is 20.5. The number of pyridine rings is 1. The van der Waals surface area contributed by atoms with Gasteiger partial charge in [-0.1, -0.05) is 19.2 Å². The Kier molecular flexibility index (Phi) is 3.95. The van der Waals surface area contributed by atoms with E-state index in [4.69, 9.17) is 0 Å². The molecule has 6 heteroatoms. The second kappa shape index (κ2) is 6.08. The molecule has 0 saturated heterocycles. The standard InChI is InChI=1S/C18H13F2N3O/c1-3-15-17(10(2)19)23-18(22-15)13-6-4-11(8-14(13)20)12-5-7-16(24)21-9-12/h3-9H,1-2H2,(H,21,24)(H,22,23). The summed E-state index contributed by atoms with van der Waals surface area (Å²) in [5.74, 6) is -1.07. The normalized spacial score (nSPS) is 10.6. The Balaban J connectivity index is 2.04. The van der Waals surface area contributed by atoms with Crippen LogP contribution in [0.25, 0.3) is 34.4 Å². The molecule has 0 aliphatic carbocycles. The van der Waals surface area contributed by atoms with Crippen LogP contribution in [-0.2, 0) is 0 Å². The molecule has 0 unspecified atom stereocenters. The molecule has 120 valence electrons. The van der Waals surface area contributed by atoms with Crippen molar-refractivity contribution in [1.82, 2.24) is 15.0 Å². The number of imidazole rings is 1. The lowest BCUT2D eigenvalue weighted by molar-refractivity contribution is 0.630. The van der Waals surface area contributed by atoms with Crippen LogP contribution in [0.1, 0.15) is 11.4 Å². The third kappa shape index (κ3) is 2.81. The molecule has 0 aliphatic rings. The highest BCUT2D eigenvalue weighted by atomic mass is 19.1. The van der Waals surface area contributed by atoms with Crippen LogP contribution in [0.3, 0.4) is 0 Å². The molecule has 24 heavy (non-hydrogen) atoms. The van der Waals surface area contributed by atoms with Crippen molar-refractivity contribution in [3.8, 4) is 22.5 Å². The van der Waals surface area contributed by atoms with Gasteiger partial charge in [0.05, 0.1) is 11.3 Å².